The molecule has 0 bridgehead atoms. The largest absolute Gasteiger partial charge is 0.231 e. The number of hydrogen-bond acceptors (Lipinski definition) is 3. The third kappa shape index (κ3) is 2.15. The van der Waals surface area contributed by atoms with Crippen LogP contribution in [0.1, 0.15) is 4.88 Å². The minimum Gasteiger partial charge on any atom is -0.231 e. The average molecular weight is 162 g/mol. The van der Waals surface area contributed by atoms with Crippen molar-refractivity contribution >= 4 is 22.0 Å². The first kappa shape index (κ1) is 6.77. The Hall–Kier alpha value is -0.350. The van der Waals surface area contributed by atoms with Gasteiger partial charge in [-0.2, -0.15) is 0 Å². The molecule has 0 amide bonds. The summed E-state index contributed by atoms with van der Waals surface area (Å²) in [7, 11) is -2.24. The maximum Gasteiger partial charge on any atom is 0.145 e. The molecule has 50 valence electrons. The monoisotopic (exact) mass is 162 g/mol. The Bertz CT molecular complexity index is 227. The van der Waals surface area contributed by atoms with Gasteiger partial charge < -0.3 is 0 Å². The van der Waals surface area contributed by atoms with Crippen molar-refractivity contribution in [2.75, 3.05) is 0 Å². The molecule has 0 radical (unpaired) electrons. The van der Waals surface area contributed by atoms with Crippen molar-refractivity contribution in [2.24, 2.45) is 0 Å². The molecular formula is C5H6O2S2. The van der Waals surface area contributed by atoms with Crippen LogP contribution >= 0.6 is 11.3 Å². The lowest BCUT2D eigenvalue weighted by molar-refractivity contribution is 0.614. The molecule has 0 aliphatic heterocycles. The summed E-state index contributed by atoms with van der Waals surface area (Å²) in [6.07, 6.45) is 0. The molecule has 4 heteroatoms. The van der Waals surface area contributed by atoms with Crippen LogP contribution in [0.15, 0.2) is 17.5 Å². The highest BCUT2D eigenvalue weighted by Gasteiger charge is 1.91. The summed E-state index contributed by atoms with van der Waals surface area (Å²) in [6.45, 7) is 0. The van der Waals surface area contributed by atoms with Gasteiger partial charge >= 0.3 is 0 Å². The van der Waals surface area contributed by atoms with E-state index in [4.69, 9.17) is 0 Å². The molecule has 9 heavy (non-hydrogen) atoms. The first-order chi connectivity index (χ1) is 4.29. The second-order valence-electron chi connectivity index (χ2n) is 1.57. The molecule has 0 saturated heterocycles. The average Bonchev–Trinajstić information content (AvgIpc) is 2.15. The molecule has 2 nitrogen and oxygen atoms in total. The Morgan fingerprint density at radius 1 is 1.56 bits per heavy atom. The number of rotatable bonds is 2. The fourth-order valence-electron chi connectivity index (χ4n) is 0.530. The van der Waals surface area contributed by atoms with Gasteiger partial charge in [-0.25, -0.2) is 8.42 Å². The molecule has 0 unspecified atom stereocenters. The minimum atomic E-state index is -2.24. The molecule has 1 rings (SSSR count). The fourth-order valence-corrected chi connectivity index (χ4v) is 1.99. The third-order valence-electron chi connectivity index (χ3n) is 0.865. The van der Waals surface area contributed by atoms with Gasteiger partial charge in [0, 0.05) is 4.88 Å². The van der Waals surface area contributed by atoms with Gasteiger partial charge in [-0.1, -0.05) is 6.07 Å². The van der Waals surface area contributed by atoms with Crippen LogP contribution in [-0.2, 0) is 16.5 Å². The summed E-state index contributed by atoms with van der Waals surface area (Å²) in [5, 5.41) is 1.87. The minimum absolute atomic E-state index is 0.187. The van der Waals surface area contributed by atoms with Crippen molar-refractivity contribution < 1.29 is 8.42 Å². The van der Waals surface area contributed by atoms with Crippen molar-refractivity contribution in [3.05, 3.63) is 22.4 Å². The Labute approximate surface area is 59.1 Å². The van der Waals surface area contributed by atoms with Crippen LogP contribution in [0.5, 0.6) is 0 Å². The highest BCUT2D eigenvalue weighted by Crippen LogP contribution is 2.08. The molecule has 0 aliphatic carbocycles. The summed E-state index contributed by atoms with van der Waals surface area (Å²) < 4.78 is 20.2. The lowest BCUT2D eigenvalue weighted by atomic mass is 10.5. The van der Waals surface area contributed by atoms with Crippen LogP contribution in [0.2, 0.25) is 0 Å². The first-order valence-electron chi connectivity index (χ1n) is 2.43. The van der Waals surface area contributed by atoms with E-state index >= 15 is 0 Å². The molecule has 1 aromatic rings. The van der Waals surface area contributed by atoms with Crippen LogP contribution in [0.4, 0.5) is 0 Å². The molecule has 1 heterocycles. The van der Waals surface area contributed by atoms with Gasteiger partial charge in [0.2, 0.25) is 0 Å². The Morgan fingerprint density at radius 2 is 2.33 bits per heavy atom. The summed E-state index contributed by atoms with van der Waals surface area (Å²) >= 11 is 1.47. The van der Waals surface area contributed by atoms with Crippen LogP contribution in [0.3, 0.4) is 0 Å². The van der Waals surface area contributed by atoms with Crippen molar-refractivity contribution in [2.45, 2.75) is 5.75 Å². The number of hydrogen-bond donors (Lipinski definition) is 1. The summed E-state index contributed by atoms with van der Waals surface area (Å²) in [6, 6.07) is 3.66. The van der Waals surface area contributed by atoms with E-state index in [1.54, 1.807) is 0 Å². The Balaban J connectivity index is 2.68. The van der Waals surface area contributed by atoms with E-state index in [0.29, 0.717) is 0 Å². The molecule has 0 saturated carbocycles. The van der Waals surface area contributed by atoms with E-state index in [0.717, 1.165) is 4.88 Å². The van der Waals surface area contributed by atoms with Crippen molar-refractivity contribution in [3.8, 4) is 0 Å². The van der Waals surface area contributed by atoms with Gasteiger partial charge in [0.25, 0.3) is 0 Å². The lowest BCUT2D eigenvalue weighted by Gasteiger charge is -1.80. The van der Waals surface area contributed by atoms with Gasteiger partial charge in [-0.3, -0.25) is 0 Å². The highest BCUT2D eigenvalue weighted by atomic mass is 32.2. The molecular weight excluding hydrogens is 156 g/mol. The van der Waals surface area contributed by atoms with Gasteiger partial charge in [0.15, 0.2) is 0 Å². The molecule has 0 spiro atoms. The maximum absolute atomic E-state index is 10.1. The number of thiophene rings is 1. The van der Waals surface area contributed by atoms with Crippen LogP contribution in [-0.4, -0.2) is 8.42 Å². The Morgan fingerprint density at radius 3 is 2.78 bits per heavy atom. The van der Waals surface area contributed by atoms with Gasteiger partial charge in [-0.05, 0) is 11.4 Å². The number of thiol groups is 1. The predicted octanol–water partition coefficient (Wildman–Crippen LogP) is 0.860. The lowest BCUT2D eigenvalue weighted by Crippen LogP contribution is -1.78. The van der Waals surface area contributed by atoms with E-state index in [1.807, 2.05) is 17.5 Å². The van der Waals surface area contributed by atoms with E-state index in [9.17, 15) is 8.42 Å². The van der Waals surface area contributed by atoms with E-state index in [1.165, 1.54) is 11.3 Å². The highest BCUT2D eigenvalue weighted by molar-refractivity contribution is 7.71. The second kappa shape index (κ2) is 2.98. The maximum atomic E-state index is 10.1. The van der Waals surface area contributed by atoms with Gasteiger partial charge in [0.1, 0.15) is 10.7 Å². The van der Waals surface area contributed by atoms with Crippen LogP contribution in [0, 0.1) is 0 Å². The quantitative estimate of drug-likeness (QED) is 0.654. The van der Waals surface area contributed by atoms with Crippen LogP contribution < -0.4 is 0 Å². The van der Waals surface area contributed by atoms with Gasteiger partial charge in [-0.15, -0.1) is 11.3 Å². The second-order valence-corrected chi connectivity index (χ2v) is 3.58. The van der Waals surface area contributed by atoms with Gasteiger partial charge in [0.05, 0.1) is 5.75 Å². The fraction of sp³-hybridized carbons (Fsp3) is 0.200. The molecule has 1 aromatic heterocycles. The smallest absolute Gasteiger partial charge is 0.145 e. The standard InChI is InChI=1S/C5H6O2S2/c6-9(7)4-5-2-1-3-8-5/h1-3,9H,4H2. The zero-order valence-corrected chi connectivity index (χ0v) is 6.32. The zero-order chi connectivity index (χ0) is 6.69. The zero-order valence-electron chi connectivity index (χ0n) is 4.61. The summed E-state index contributed by atoms with van der Waals surface area (Å²) in [4.78, 5) is 0.908. The Kier molecular flexibility index (Phi) is 2.24. The van der Waals surface area contributed by atoms with Crippen molar-refractivity contribution in [3.63, 3.8) is 0 Å². The molecule has 0 aromatic carbocycles. The van der Waals surface area contributed by atoms with Crippen molar-refractivity contribution in [1.82, 2.24) is 0 Å². The topological polar surface area (TPSA) is 34.1 Å². The van der Waals surface area contributed by atoms with Crippen LogP contribution in [0.25, 0.3) is 0 Å². The van der Waals surface area contributed by atoms with Crippen molar-refractivity contribution in [1.29, 1.82) is 0 Å². The van der Waals surface area contributed by atoms with E-state index in [-0.39, 0.29) is 5.75 Å². The summed E-state index contributed by atoms with van der Waals surface area (Å²) in [5.74, 6) is 0.187. The normalized spacial score (nSPS) is 10.3. The summed E-state index contributed by atoms with van der Waals surface area (Å²) in [5.41, 5.74) is 0. The first-order valence-corrected chi connectivity index (χ1v) is 4.67. The molecule has 0 N–H and O–H groups in total. The predicted molar refractivity (Wildman–Crippen MR) is 38.3 cm³/mol. The van der Waals surface area contributed by atoms with E-state index < -0.39 is 10.7 Å². The molecule has 0 aliphatic rings. The van der Waals surface area contributed by atoms with E-state index in [2.05, 4.69) is 0 Å². The molecule has 0 fully saturated rings. The molecule has 0 atom stereocenters. The SMILES string of the molecule is O=[SH](=O)Cc1cccs1. The third-order valence-corrected chi connectivity index (χ3v) is 2.55.